The zero-order valence-corrected chi connectivity index (χ0v) is 46.1. The number of Topliss-reactive ketones (excluding diaryl/α,β-unsaturated/α-hetero) is 1. The SMILES string of the molecule is CC[C@H]1[C@@H](N(Cc2ccc(OC)cc2)S(=O)(=O)N(C)C)C[C@@H](C)N1C(=O)OC.COC(=O)N1[C@H](C)C[C@H](NS(=O)(=O)N(C)C)[C@@H]1COC1CCC2(c3cnccn3)CC2C1.O=C1CCC2(c3cnccn3)CC2C1. The number of nitrogens with zero attached hydrogens (tertiary/aromatic N) is 9. The van der Waals surface area contributed by atoms with E-state index in [1.807, 2.05) is 57.4 Å². The molecule has 408 valence electrons. The lowest BCUT2D eigenvalue weighted by Crippen LogP contribution is -2.52. The fraction of sp³-hybridized carbons (Fsp3) is 0.667. The smallest absolute Gasteiger partial charge is 0.410 e. The lowest BCUT2D eigenvalue weighted by molar-refractivity contribution is -0.120. The predicted octanol–water partition coefficient (Wildman–Crippen LogP) is 5.10. The van der Waals surface area contributed by atoms with E-state index in [0.717, 1.165) is 72.6 Å². The van der Waals surface area contributed by atoms with Gasteiger partial charge in [0.05, 0.1) is 57.5 Å². The maximum absolute atomic E-state index is 13.2. The van der Waals surface area contributed by atoms with E-state index in [1.165, 1.54) is 51.0 Å². The van der Waals surface area contributed by atoms with Gasteiger partial charge in [-0.1, -0.05) is 19.1 Å². The highest BCUT2D eigenvalue weighted by atomic mass is 32.2. The molecule has 4 aliphatic carbocycles. The minimum atomic E-state index is -3.70. The maximum Gasteiger partial charge on any atom is 0.410 e. The third kappa shape index (κ3) is 12.2. The fourth-order valence-corrected chi connectivity index (χ4v) is 14.1. The van der Waals surface area contributed by atoms with Crippen LogP contribution in [0.15, 0.2) is 61.4 Å². The summed E-state index contributed by atoms with van der Waals surface area (Å²) in [6, 6.07) is 5.59. The van der Waals surface area contributed by atoms with Gasteiger partial charge in [0, 0.05) is 120 Å². The van der Waals surface area contributed by atoms with Crippen molar-refractivity contribution in [2.24, 2.45) is 11.8 Å². The third-order valence-electron chi connectivity index (χ3n) is 16.2. The number of methoxy groups -OCH3 is 3. The molecule has 5 unspecified atom stereocenters. The molecule has 4 saturated carbocycles. The highest BCUT2D eigenvalue weighted by Crippen LogP contribution is 2.62. The van der Waals surface area contributed by atoms with Crippen LogP contribution >= 0.6 is 0 Å². The fourth-order valence-electron chi connectivity index (χ4n) is 11.9. The first-order valence-electron chi connectivity index (χ1n) is 25.6. The van der Waals surface area contributed by atoms with E-state index in [-0.39, 0.29) is 54.3 Å². The Morgan fingerprint density at radius 2 is 1.35 bits per heavy atom. The molecular weight excluding hydrogens is 993 g/mol. The number of likely N-dealkylation sites (tertiary alicyclic amines) is 2. The Labute approximate surface area is 437 Å². The molecule has 2 amide bonds. The molecule has 0 spiro atoms. The molecule has 0 radical (unpaired) electrons. The van der Waals surface area contributed by atoms with Crippen LogP contribution in [0.3, 0.4) is 0 Å². The molecule has 6 aliphatic rings. The van der Waals surface area contributed by atoms with E-state index in [0.29, 0.717) is 42.6 Å². The number of carbonyl (C=O) groups is 3. The molecule has 3 aromatic rings. The second kappa shape index (κ2) is 23.5. The van der Waals surface area contributed by atoms with Crippen LogP contribution in [-0.4, -0.2) is 176 Å². The first kappa shape index (κ1) is 56.8. The maximum atomic E-state index is 13.2. The summed E-state index contributed by atoms with van der Waals surface area (Å²) in [4.78, 5) is 56.4. The summed E-state index contributed by atoms with van der Waals surface area (Å²) in [6.45, 7) is 6.25. The van der Waals surface area contributed by atoms with Crippen LogP contribution in [0.25, 0.3) is 0 Å². The average molecular weight is 1070 g/mol. The van der Waals surface area contributed by atoms with Crippen molar-refractivity contribution in [2.45, 2.75) is 151 Å². The van der Waals surface area contributed by atoms with Crippen molar-refractivity contribution in [3.8, 4) is 5.75 Å². The van der Waals surface area contributed by atoms with Crippen LogP contribution in [0.2, 0.25) is 0 Å². The third-order valence-corrected chi connectivity index (χ3v) is 19.7. The molecule has 2 saturated heterocycles. The second-order valence-electron chi connectivity index (χ2n) is 21.0. The first-order chi connectivity index (χ1) is 35.2. The van der Waals surface area contributed by atoms with E-state index < -0.39 is 44.7 Å². The van der Waals surface area contributed by atoms with Crippen LogP contribution in [0.4, 0.5) is 9.59 Å². The number of hydrogen-bond donors (Lipinski definition) is 1. The Bertz CT molecular complexity index is 2620. The van der Waals surface area contributed by atoms with E-state index in [4.69, 9.17) is 18.9 Å². The van der Waals surface area contributed by atoms with Crippen LogP contribution in [0.5, 0.6) is 5.75 Å². The van der Waals surface area contributed by atoms with Gasteiger partial charge in [-0.15, -0.1) is 0 Å². The Balaban J connectivity index is 0.000000173. The van der Waals surface area contributed by atoms with E-state index in [2.05, 4.69) is 24.7 Å². The summed E-state index contributed by atoms with van der Waals surface area (Å²) in [5, 5.41) is 0. The van der Waals surface area contributed by atoms with Gasteiger partial charge in [0.2, 0.25) is 0 Å². The van der Waals surface area contributed by atoms with Crippen molar-refractivity contribution >= 4 is 38.4 Å². The number of fused-ring (bicyclic) bond motifs is 2. The average Bonchev–Trinajstić information content (AvgIpc) is 4.26. The first-order valence-corrected chi connectivity index (χ1v) is 28.4. The summed E-state index contributed by atoms with van der Waals surface area (Å²) < 4.78 is 79.1. The number of amides is 2. The highest BCUT2D eigenvalue weighted by Gasteiger charge is 2.60. The lowest BCUT2D eigenvalue weighted by Gasteiger charge is -2.35. The molecule has 1 aromatic carbocycles. The summed E-state index contributed by atoms with van der Waals surface area (Å²) in [7, 11) is 2.93. The van der Waals surface area contributed by atoms with Crippen molar-refractivity contribution in [1.82, 2.24) is 47.4 Å². The van der Waals surface area contributed by atoms with Crippen molar-refractivity contribution in [2.75, 3.05) is 56.1 Å². The number of nitrogens with one attached hydrogen (secondary N) is 1. The summed E-state index contributed by atoms with van der Waals surface area (Å²) >= 11 is 0. The van der Waals surface area contributed by atoms with Crippen LogP contribution < -0.4 is 9.46 Å². The molecule has 74 heavy (non-hydrogen) atoms. The normalized spacial score (nSPS) is 30.1. The number of carbonyl (C=O) groups excluding carboxylic acids is 3. The van der Waals surface area contributed by atoms with Crippen molar-refractivity contribution in [1.29, 1.82) is 0 Å². The monoisotopic (exact) mass is 1070 g/mol. The molecule has 2 aliphatic heterocycles. The van der Waals surface area contributed by atoms with Crippen LogP contribution in [0, 0.1) is 11.8 Å². The molecule has 0 bridgehead atoms. The molecular formula is C51H76N10O11S2. The molecule has 21 nitrogen and oxygen atoms in total. The van der Waals surface area contributed by atoms with Crippen LogP contribution in [0.1, 0.15) is 108 Å². The van der Waals surface area contributed by atoms with Crippen molar-refractivity contribution in [3.05, 3.63) is 78.4 Å². The van der Waals surface area contributed by atoms with Crippen molar-refractivity contribution in [3.63, 3.8) is 0 Å². The largest absolute Gasteiger partial charge is 0.497 e. The standard InChI is InChI=1S/C21H33N5O5S.C19H31N3O5S.C11H12N2O/c1-14-9-17(24-32(28,29)25(2)3)18(26(14)20(27)30-4)13-31-16-5-6-21(11-15(21)10-16)19-12-22-7-8-23-19;1-7-17-18(12-14(2)22(17)19(23)27-6)21(28(24,25)20(3)4)13-15-8-10-16(26-5)11-9-15;14-9-1-2-11(6-8(11)5-9)10-7-12-3-4-13-10/h7-8,12,14-18,24H,5-6,9-11,13H2,1-4H3;8-11,14,17-18H,7,12-13H2,1-6H3;3-4,7-8H,1-2,5-6H2/t14-,15?,16?,17+,18+,21?;14-,17+,18+;/m11./s1. The number of hydrogen-bond acceptors (Lipinski definition) is 15. The zero-order valence-electron chi connectivity index (χ0n) is 44.5. The van der Waals surface area contributed by atoms with Gasteiger partial charge in [0.25, 0.3) is 20.4 Å². The van der Waals surface area contributed by atoms with Gasteiger partial charge < -0.3 is 23.8 Å². The molecule has 6 fully saturated rings. The quantitative estimate of drug-likeness (QED) is 0.209. The molecule has 11 atom stereocenters. The second-order valence-corrected chi connectivity index (χ2v) is 25.0. The minimum absolute atomic E-state index is 0.0776. The number of rotatable bonds is 15. The topological polar surface area (TPSA) is 236 Å². The Morgan fingerprint density at radius 3 is 1.86 bits per heavy atom. The van der Waals surface area contributed by atoms with Gasteiger partial charge in [0.1, 0.15) is 11.5 Å². The number of ether oxygens (including phenoxy) is 4. The van der Waals surface area contributed by atoms with Crippen LogP contribution in [-0.2, 0) is 56.8 Å². The summed E-state index contributed by atoms with van der Waals surface area (Å²) in [6.07, 6.45) is 19.0. The van der Waals surface area contributed by atoms with E-state index in [9.17, 15) is 31.2 Å². The molecule has 2 aromatic heterocycles. The van der Waals surface area contributed by atoms with Gasteiger partial charge in [-0.3, -0.25) is 29.6 Å². The summed E-state index contributed by atoms with van der Waals surface area (Å²) in [5.74, 6) is 2.22. The number of benzene rings is 1. The number of ketones is 1. The molecule has 1 N–H and O–H groups in total. The van der Waals surface area contributed by atoms with Gasteiger partial charge in [-0.25, -0.2) is 9.59 Å². The number of aromatic nitrogens is 4. The minimum Gasteiger partial charge on any atom is -0.497 e. The Morgan fingerprint density at radius 1 is 0.770 bits per heavy atom. The Kier molecular flexibility index (Phi) is 18.1. The lowest BCUT2D eigenvalue weighted by atomic mass is 9.84. The molecule has 4 heterocycles. The van der Waals surface area contributed by atoms with Gasteiger partial charge in [-0.05, 0) is 101 Å². The van der Waals surface area contributed by atoms with Gasteiger partial charge in [0.15, 0.2) is 0 Å². The highest BCUT2D eigenvalue weighted by molar-refractivity contribution is 7.87. The summed E-state index contributed by atoms with van der Waals surface area (Å²) in [5.41, 5.74) is 3.38. The molecule has 9 rings (SSSR count). The molecule has 23 heteroatoms. The Hall–Kier alpha value is -4.91. The van der Waals surface area contributed by atoms with Gasteiger partial charge >= 0.3 is 12.2 Å². The van der Waals surface area contributed by atoms with Gasteiger partial charge in [-0.2, -0.15) is 34.5 Å². The predicted molar refractivity (Wildman–Crippen MR) is 275 cm³/mol. The van der Waals surface area contributed by atoms with E-state index >= 15 is 0 Å². The zero-order chi connectivity index (χ0) is 53.8. The van der Waals surface area contributed by atoms with Crippen molar-refractivity contribution < 1.29 is 50.2 Å². The van der Waals surface area contributed by atoms with E-state index in [1.54, 1.807) is 41.7 Å².